The Morgan fingerprint density at radius 2 is 2.19 bits per heavy atom. The van der Waals surface area contributed by atoms with E-state index >= 15 is 0 Å². The Balaban J connectivity index is 2.12. The third-order valence-corrected chi connectivity index (χ3v) is 2.89. The lowest BCUT2D eigenvalue weighted by Crippen LogP contribution is -2.20. The van der Waals surface area contributed by atoms with Gasteiger partial charge in [-0.2, -0.15) is 0 Å². The Labute approximate surface area is 120 Å². The SMILES string of the molecule is COc1cccc(Cc2nnc(CCC(=O)O)c(=O)[nH]2)c1. The Kier molecular flexibility index (Phi) is 4.65. The Morgan fingerprint density at radius 3 is 2.86 bits per heavy atom. The van der Waals surface area contributed by atoms with Crippen LogP contribution < -0.4 is 10.3 Å². The van der Waals surface area contributed by atoms with Crippen LogP contribution in [0.1, 0.15) is 23.5 Å². The van der Waals surface area contributed by atoms with Crippen LogP contribution in [-0.2, 0) is 17.6 Å². The molecule has 21 heavy (non-hydrogen) atoms. The fraction of sp³-hybridized carbons (Fsp3) is 0.286. The average Bonchev–Trinajstić information content (AvgIpc) is 2.46. The summed E-state index contributed by atoms with van der Waals surface area (Å²) in [4.78, 5) is 24.9. The molecule has 1 aromatic carbocycles. The highest BCUT2D eigenvalue weighted by atomic mass is 16.5. The van der Waals surface area contributed by atoms with Gasteiger partial charge in [-0.05, 0) is 17.7 Å². The second kappa shape index (κ2) is 6.65. The van der Waals surface area contributed by atoms with Crippen LogP contribution >= 0.6 is 0 Å². The average molecular weight is 289 g/mol. The number of nitrogens with one attached hydrogen (secondary N) is 1. The summed E-state index contributed by atoms with van der Waals surface area (Å²) >= 11 is 0. The zero-order chi connectivity index (χ0) is 15.2. The summed E-state index contributed by atoms with van der Waals surface area (Å²) in [6.45, 7) is 0. The predicted octanol–water partition coefficient (Wildman–Crippen LogP) is 0.781. The van der Waals surface area contributed by atoms with Crippen LogP contribution in [0.5, 0.6) is 5.75 Å². The molecule has 7 nitrogen and oxygen atoms in total. The Bertz CT molecular complexity index is 697. The van der Waals surface area contributed by atoms with Crippen molar-refractivity contribution in [2.75, 3.05) is 7.11 Å². The van der Waals surface area contributed by atoms with Gasteiger partial charge in [-0.3, -0.25) is 9.59 Å². The molecule has 0 saturated heterocycles. The number of benzene rings is 1. The van der Waals surface area contributed by atoms with E-state index in [-0.39, 0.29) is 18.5 Å². The largest absolute Gasteiger partial charge is 0.497 e. The molecule has 0 radical (unpaired) electrons. The highest BCUT2D eigenvalue weighted by Gasteiger charge is 2.08. The molecule has 0 aliphatic heterocycles. The number of rotatable bonds is 6. The minimum absolute atomic E-state index is 0.0666. The van der Waals surface area contributed by atoms with Crippen LogP contribution in [0.15, 0.2) is 29.1 Å². The standard InChI is InChI=1S/C14H15N3O4/c1-21-10-4-2-3-9(7-10)8-12-15-14(20)11(16-17-12)5-6-13(18)19/h2-4,7H,5-6,8H2,1H3,(H,18,19)(H,15,17,20). The number of carbonyl (C=O) groups is 1. The maximum atomic E-state index is 11.8. The lowest BCUT2D eigenvalue weighted by molar-refractivity contribution is -0.136. The predicted molar refractivity (Wildman–Crippen MR) is 74.4 cm³/mol. The van der Waals surface area contributed by atoms with Gasteiger partial charge in [0.15, 0.2) is 0 Å². The number of aromatic amines is 1. The molecule has 2 rings (SSSR count). The molecule has 0 atom stereocenters. The van der Waals surface area contributed by atoms with Crippen molar-refractivity contribution >= 4 is 5.97 Å². The first kappa shape index (κ1) is 14.7. The van der Waals surface area contributed by atoms with E-state index in [1.807, 2.05) is 24.3 Å². The molecule has 7 heteroatoms. The molecule has 0 aliphatic rings. The third-order valence-electron chi connectivity index (χ3n) is 2.89. The molecular formula is C14H15N3O4. The smallest absolute Gasteiger partial charge is 0.303 e. The van der Waals surface area contributed by atoms with Gasteiger partial charge in [-0.1, -0.05) is 12.1 Å². The number of carboxylic acids is 1. The fourth-order valence-corrected chi connectivity index (χ4v) is 1.84. The topological polar surface area (TPSA) is 105 Å². The van der Waals surface area contributed by atoms with Crippen LogP contribution in [-0.4, -0.2) is 33.4 Å². The molecular weight excluding hydrogens is 274 g/mol. The van der Waals surface area contributed by atoms with Gasteiger partial charge in [0, 0.05) is 12.8 Å². The summed E-state index contributed by atoms with van der Waals surface area (Å²) in [6, 6.07) is 7.41. The second-order valence-corrected chi connectivity index (χ2v) is 4.47. The van der Waals surface area contributed by atoms with Gasteiger partial charge in [0.1, 0.15) is 17.3 Å². The Morgan fingerprint density at radius 1 is 1.38 bits per heavy atom. The van der Waals surface area contributed by atoms with E-state index in [2.05, 4.69) is 15.2 Å². The quantitative estimate of drug-likeness (QED) is 0.814. The van der Waals surface area contributed by atoms with E-state index in [4.69, 9.17) is 9.84 Å². The molecule has 0 amide bonds. The number of methoxy groups -OCH3 is 1. The monoisotopic (exact) mass is 289 g/mol. The van der Waals surface area contributed by atoms with Gasteiger partial charge < -0.3 is 14.8 Å². The maximum absolute atomic E-state index is 11.8. The number of aryl methyl sites for hydroxylation is 1. The lowest BCUT2D eigenvalue weighted by Gasteiger charge is -2.04. The summed E-state index contributed by atoms with van der Waals surface area (Å²) in [7, 11) is 1.58. The number of carboxylic acid groups (broad SMARTS) is 1. The Hall–Kier alpha value is -2.70. The zero-order valence-electron chi connectivity index (χ0n) is 11.5. The van der Waals surface area contributed by atoms with E-state index < -0.39 is 11.5 Å². The lowest BCUT2D eigenvalue weighted by atomic mass is 10.1. The van der Waals surface area contributed by atoms with Gasteiger partial charge in [-0.25, -0.2) is 0 Å². The van der Waals surface area contributed by atoms with E-state index in [0.717, 1.165) is 11.3 Å². The molecule has 2 aromatic rings. The normalized spacial score (nSPS) is 10.3. The highest BCUT2D eigenvalue weighted by Crippen LogP contribution is 2.14. The number of H-pyrrole nitrogens is 1. The number of hydrogen-bond donors (Lipinski definition) is 2. The van der Waals surface area contributed by atoms with Gasteiger partial charge >= 0.3 is 5.97 Å². The van der Waals surface area contributed by atoms with Crippen molar-refractivity contribution in [3.63, 3.8) is 0 Å². The van der Waals surface area contributed by atoms with Crippen molar-refractivity contribution in [2.45, 2.75) is 19.3 Å². The molecule has 1 aromatic heterocycles. The first-order valence-electron chi connectivity index (χ1n) is 6.38. The van der Waals surface area contributed by atoms with E-state index in [0.29, 0.717) is 12.2 Å². The number of ether oxygens (including phenoxy) is 1. The number of hydrogen-bond acceptors (Lipinski definition) is 5. The number of aliphatic carboxylic acids is 1. The first-order valence-corrected chi connectivity index (χ1v) is 6.38. The first-order chi connectivity index (χ1) is 10.1. The molecule has 0 fully saturated rings. The highest BCUT2D eigenvalue weighted by molar-refractivity contribution is 5.66. The summed E-state index contributed by atoms with van der Waals surface area (Å²) < 4.78 is 5.13. The minimum atomic E-state index is -0.975. The van der Waals surface area contributed by atoms with Crippen molar-refractivity contribution in [1.29, 1.82) is 0 Å². The van der Waals surface area contributed by atoms with Crippen LogP contribution in [0, 0.1) is 0 Å². The van der Waals surface area contributed by atoms with E-state index in [1.54, 1.807) is 7.11 Å². The summed E-state index contributed by atoms with van der Waals surface area (Å²) in [5, 5.41) is 16.3. The minimum Gasteiger partial charge on any atom is -0.497 e. The van der Waals surface area contributed by atoms with Crippen molar-refractivity contribution < 1.29 is 14.6 Å². The van der Waals surface area contributed by atoms with Gasteiger partial charge in [0.25, 0.3) is 5.56 Å². The van der Waals surface area contributed by atoms with Crippen molar-refractivity contribution in [2.24, 2.45) is 0 Å². The van der Waals surface area contributed by atoms with Gasteiger partial charge in [0.05, 0.1) is 13.5 Å². The summed E-state index contributed by atoms with van der Waals surface area (Å²) in [5.74, 6) is 0.171. The van der Waals surface area contributed by atoms with E-state index in [9.17, 15) is 9.59 Å². The van der Waals surface area contributed by atoms with Crippen molar-refractivity contribution in [3.05, 3.63) is 51.7 Å². The molecule has 0 saturated carbocycles. The fourth-order valence-electron chi connectivity index (χ4n) is 1.84. The van der Waals surface area contributed by atoms with Crippen LogP contribution in [0.3, 0.4) is 0 Å². The molecule has 0 bridgehead atoms. The molecule has 0 aliphatic carbocycles. The zero-order valence-corrected chi connectivity index (χ0v) is 11.5. The molecule has 2 N–H and O–H groups in total. The van der Waals surface area contributed by atoms with Crippen molar-refractivity contribution in [3.8, 4) is 5.75 Å². The summed E-state index contributed by atoms with van der Waals surface area (Å²) in [6.07, 6.45) is 0.336. The molecule has 110 valence electrons. The number of nitrogens with zero attached hydrogens (tertiary/aromatic N) is 2. The van der Waals surface area contributed by atoms with Gasteiger partial charge in [-0.15, -0.1) is 10.2 Å². The van der Waals surface area contributed by atoms with Crippen molar-refractivity contribution in [1.82, 2.24) is 15.2 Å². The second-order valence-electron chi connectivity index (χ2n) is 4.47. The van der Waals surface area contributed by atoms with Gasteiger partial charge in [0.2, 0.25) is 0 Å². The molecule has 1 heterocycles. The van der Waals surface area contributed by atoms with Crippen LogP contribution in [0.2, 0.25) is 0 Å². The maximum Gasteiger partial charge on any atom is 0.303 e. The molecule has 0 spiro atoms. The number of aromatic nitrogens is 3. The third kappa shape index (κ3) is 4.13. The molecule has 0 unspecified atom stereocenters. The van der Waals surface area contributed by atoms with E-state index in [1.165, 1.54) is 0 Å². The summed E-state index contributed by atoms with van der Waals surface area (Å²) in [5.41, 5.74) is 0.661. The van der Waals surface area contributed by atoms with Crippen LogP contribution in [0.25, 0.3) is 0 Å². The van der Waals surface area contributed by atoms with Crippen LogP contribution in [0.4, 0.5) is 0 Å².